The standard InChI is InChI=1S/C25H18Cl2N2O4/c1-2-21(22(30)15-8-4-3-5-9-15)28(25(33)19-13-12-16(26)14-20(19)27)29-23(31)17-10-6-7-11-18(17)24(29)32/h3-14,21H,2H2,1H3/t21-/m0/s1. The van der Waals surface area contributed by atoms with Crippen LogP contribution in [0.25, 0.3) is 0 Å². The number of amides is 3. The predicted molar refractivity (Wildman–Crippen MR) is 124 cm³/mol. The maximum atomic E-state index is 13.7. The van der Waals surface area contributed by atoms with Gasteiger partial charge in [0.15, 0.2) is 5.78 Å². The summed E-state index contributed by atoms with van der Waals surface area (Å²) in [7, 11) is 0. The predicted octanol–water partition coefficient (Wildman–Crippen LogP) is 5.31. The Labute approximate surface area is 200 Å². The van der Waals surface area contributed by atoms with E-state index in [2.05, 4.69) is 0 Å². The molecule has 1 heterocycles. The molecule has 0 bridgehead atoms. The molecule has 0 saturated heterocycles. The highest BCUT2D eigenvalue weighted by Gasteiger charge is 2.46. The number of nitrogens with zero attached hydrogens (tertiary/aromatic N) is 2. The van der Waals surface area contributed by atoms with Crippen LogP contribution >= 0.6 is 23.2 Å². The molecule has 0 spiro atoms. The molecule has 0 aliphatic carbocycles. The van der Waals surface area contributed by atoms with Crippen LogP contribution in [0.2, 0.25) is 10.0 Å². The van der Waals surface area contributed by atoms with Crippen LogP contribution in [0.1, 0.15) is 54.8 Å². The molecule has 3 amide bonds. The number of imide groups is 1. The van der Waals surface area contributed by atoms with Crippen molar-refractivity contribution in [2.45, 2.75) is 19.4 Å². The van der Waals surface area contributed by atoms with Crippen LogP contribution in [-0.2, 0) is 0 Å². The molecule has 1 aliphatic rings. The van der Waals surface area contributed by atoms with E-state index in [1.54, 1.807) is 49.4 Å². The van der Waals surface area contributed by atoms with Crippen LogP contribution in [-0.4, -0.2) is 39.6 Å². The Balaban J connectivity index is 1.85. The number of benzene rings is 3. The van der Waals surface area contributed by atoms with Crippen molar-refractivity contribution in [1.82, 2.24) is 10.0 Å². The van der Waals surface area contributed by atoms with Crippen LogP contribution < -0.4 is 0 Å². The fraction of sp³-hybridized carbons (Fsp3) is 0.120. The molecular weight excluding hydrogens is 463 g/mol. The van der Waals surface area contributed by atoms with E-state index in [0.717, 1.165) is 10.0 Å². The van der Waals surface area contributed by atoms with E-state index < -0.39 is 29.5 Å². The monoisotopic (exact) mass is 480 g/mol. The number of hydrogen-bond acceptors (Lipinski definition) is 4. The van der Waals surface area contributed by atoms with Gasteiger partial charge in [-0.3, -0.25) is 19.2 Å². The minimum atomic E-state index is -1.13. The van der Waals surface area contributed by atoms with Gasteiger partial charge in [-0.2, -0.15) is 5.01 Å². The molecule has 0 N–H and O–H groups in total. The van der Waals surface area contributed by atoms with Crippen molar-refractivity contribution in [2.75, 3.05) is 0 Å². The molecule has 0 aromatic heterocycles. The van der Waals surface area contributed by atoms with E-state index in [9.17, 15) is 19.2 Å². The van der Waals surface area contributed by atoms with Crippen molar-refractivity contribution in [1.29, 1.82) is 0 Å². The minimum absolute atomic E-state index is 0.0111. The first-order valence-corrected chi connectivity index (χ1v) is 11.0. The molecule has 1 atom stereocenters. The van der Waals surface area contributed by atoms with Gasteiger partial charge < -0.3 is 0 Å². The number of fused-ring (bicyclic) bond motifs is 1. The zero-order valence-corrected chi connectivity index (χ0v) is 19.0. The van der Waals surface area contributed by atoms with E-state index in [4.69, 9.17) is 23.2 Å². The maximum Gasteiger partial charge on any atom is 0.280 e. The second-order valence-corrected chi connectivity index (χ2v) is 8.24. The van der Waals surface area contributed by atoms with E-state index in [0.29, 0.717) is 10.6 Å². The minimum Gasteiger partial charge on any atom is -0.292 e. The molecule has 6 nitrogen and oxygen atoms in total. The average molecular weight is 481 g/mol. The van der Waals surface area contributed by atoms with E-state index in [-0.39, 0.29) is 28.1 Å². The number of Topliss-reactive ketones (excluding diaryl/α,β-unsaturated/α-hetero) is 1. The van der Waals surface area contributed by atoms with Gasteiger partial charge in [0.1, 0.15) is 6.04 Å². The Kier molecular flexibility index (Phi) is 6.31. The molecule has 4 rings (SSSR count). The number of rotatable bonds is 6. The first kappa shape index (κ1) is 22.7. The van der Waals surface area contributed by atoms with Gasteiger partial charge >= 0.3 is 0 Å². The average Bonchev–Trinajstić information content (AvgIpc) is 3.07. The highest BCUT2D eigenvalue weighted by molar-refractivity contribution is 6.37. The summed E-state index contributed by atoms with van der Waals surface area (Å²) < 4.78 is 0. The van der Waals surface area contributed by atoms with Gasteiger partial charge in [0, 0.05) is 10.6 Å². The summed E-state index contributed by atoms with van der Waals surface area (Å²) in [4.78, 5) is 53.7. The Morgan fingerprint density at radius 3 is 2.00 bits per heavy atom. The second kappa shape index (κ2) is 9.17. The van der Waals surface area contributed by atoms with Crippen LogP contribution in [0, 0.1) is 0 Å². The van der Waals surface area contributed by atoms with Crippen LogP contribution in [0.4, 0.5) is 0 Å². The lowest BCUT2D eigenvalue weighted by molar-refractivity contribution is -0.00970. The lowest BCUT2D eigenvalue weighted by Crippen LogP contribution is -2.57. The number of halogens is 2. The number of carbonyl (C=O) groups excluding carboxylic acids is 4. The highest BCUT2D eigenvalue weighted by Crippen LogP contribution is 2.30. The summed E-state index contributed by atoms with van der Waals surface area (Å²) in [5.74, 6) is -2.54. The number of carbonyl (C=O) groups is 4. The third-order valence-electron chi connectivity index (χ3n) is 5.40. The van der Waals surface area contributed by atoms with Crippen molar-refractivity contribution in [3.63, 3.8) is 0 Å². The SMILES string of the molecule is CC[C@@H](C(=O)c1ccccc1)N(C(=O)c1ccc(Cl)cc1Cl)N1C(=O)c2ccccc2C1=O. The zero-order chi connectivity index (χ0) is 23.7. The van der Waals surface area contributed by atoms with Gasteiger partial charge in [0.25, 0.3) is 17.7 Å². The molecule has 8 heteroatoms. The van der Waals surface area contributed by atoms with E-state index in [1.807, 2.05) is 0 Å². The highest BCUT2D eigenvalue weighted by atomic mass is 35.5. The Morgan fingerprint density at radius 2 is 1.45 bits per heavy atom. The molecule has 0 saturated carbocycles. The number of hydrogen-bond donors (Lipinski definition) is 0. The number of hydrazine groups is 1. The molecule has 0 radical (unpaired) electrons. The molecule has 0 unspecified atom stereocenters. The number of ketones is 1. The first-order chi connectivity index (χ1) is 15.8. The summed E-state index contributed by atoms with van der Waals surface area (Å²) in [6.45, 7) is 1.70. The second-order valence-electron chi connectivity index (χ2n) is 7.40. The van der Waals surface area contributed by atoms with Gasteiger partial charge in [-0.1, -0.05) is 72.6 Å². The normalized spacial score (nSPS) is 13.6. The Bertz CT molecular complexity index is 1240. The zero-order valence-electron chi connectivity index (χ0n) is 17.5. The van der Waals surface area contributed by atoms with Crippen molar-refractivity contribution in [3.8, 4) is 0 Å². The lowest BCUT2D eigenvalue weighted by atomic mass is 10.0. The Morgan fingerprint density at radius 1 is 0.879 bits per heavy atom. The van der Waals surface area contributed by atoms with Crippen molar-refractivity contribution in [2.24, 2.45) is 0 Å². The molecule has 3 aromatic rings. The van der Waals surface area contributed by atoms with E-state index in [1.165, 1.54) is 30.3 Å². The van der Waals surface area contributed by atoms with Crippen molar-refractivity contribution in [3.05, 3.63) is 105 Å². The summed E-state index contributed by atoms with van der Waals surface area (Å²) in [5.41, 5.74) is 0.673. The molecular formula is C25H18Cl2N2O4. The van der Waals surface area contributed by atoms with Gasteiger partial charge in [-0.05, 0) is 36.8 Å². The first-order valence-electron chi connectivity index (χ1n) is 10.2. The molecule has 33 heavy (non-hydrogen) atoms. The van der Waals surface area contributed by atoms with Crippen molar-refractivity contribution < 1.29 is 19.2 Å². The van der Waals surface area contributed by atoms with Gasteiger partial charge in [0.2, 0.25) is 0 Å². The lowest BCUT2D eigenvalue weighted by Gasteiger charge is -2.35. The van der Waals surface area contributed by atoms with Crippen LogP contribution in [0.3, 0.4) is 0 Å². The van der Waals surface area contributed by atoms with Crippen LogP contribution in [0.15, 0.2) is 72.8 Å². The van der Waals surface area contributed by atoms with Crippen LogP contribution in [0.5, 0.6) is 0 Å². The quantitative estimate of drug-likeness (QED) is 0.354. The van der Waals surface area contributed by atoms with Gasteiger partial charge in [-0.25, -0.2) is 5.01 Å². The molecule has 0 fully saturated rings. The van der Waals surface area contributed by atoms with Crippen molar-refractivity contribution >= 4 is 46.7 Å². The summed E-state index contributed by atoms with van der Waals surface area (Å²) in [5, 5.41) is 2.02. The summed E-state index contributed by atoms with van der Waals surface area (Å²) >= 11 is 12.3. The molecule has 3 aromatic carbocycles. The van der Waals surface area contributed by atoms with E-state index >= 15 is 0 Å². The topological polar surface area (TPSA) is 74.8 Å². The third-order valence-corrected chi connectivity index (χ3v) is 5.95. The Hall–Kier alpha value is -3.48. The molecule has 1 aliphatic heterocycles. The van der Waals surface area contributed by atoms with Gasteiger partial charge in [0.05, 0.1) is 21.7 Å². The fourth-order valence-corrected chi connectivity index (χ4v) is 4.28. The third kappa shape index (κ3) is 4.03. The summed E-state index contributed by atoms with van der Waals surface area (Å²) in [6, 6.07) is 17.8. The smallest absolute Gasteiger partial charge is 0.280 e. The molecule has 166 valence electrons. The summed E-state index contributed by atoms with van der Waals surface area (Å²) in [6.07, 6.45) is 0.151. The van der Waals surface area contributed by atoms with Gasteiger partial charge in [-0.15, -0.1) is 0 Å². The fourth-order valence-electron chi connectivity index (χ4n) is 3.79. The maximum absolute atomic E-state index is 13.7. The largest absolute Gasteiger partial charge is 0.292 e.